The topological polar surface area (TPSA) is 29.1 Å². The number of benzene rings is 3. The fourth-order valence-electron chi connectivity index (χ4n) is 3.51. The van der Waals surface area contributed by atoms with E-state index in [0.717, 1.165) is 24.0 Å². The Morgan fingerprint density at radius 2 is 1.45 bits per heavy atom. The second-order valence-corrected chi connectivity index (χ2v) is 8.06. The third kappa shape index (κ3) is 5.57. The molecule has 0 spiro atoms. The predicted octanol–water partition coefficient (Wildman–Crippen LogP) is 6.66. The number of amides is 1. The van der Waals surface area contributed by atoms with Gasteiger partial charge in [0.1, 0.15) is 0 Å². The minimum absolute atomic E-state index is 0.0221. The quantitative estimate of drug-likeness (QED) is 0.382. The van der Waals surface area contributed by atoms with E-state index in [9.17, 15) is 4.79 Å². The van der Waals surface area contributed by atoms with Crippen molar-refractivity contribution in [1.82, 2.24) is 5.32 Å². The van der Waals surface area contributed by atoms with E-state index < -0.39 is 0 Å². The first kappa shape index (κ1) is 21.3. The van der Waals surface area contributed by atoms with Crippen LogP contribution in [0.1, 0.15) is 48.9 Å². The van der Waals surface area contributed by atoms with Crippen molar-refractivity contribution < 1.29 is 4.79 Å². The van der Waals surface area contributed by atoms with Gasteiger partial charge in [-0.3, -0.25) is 4.79 Å². The van der Waals surface area contributed by atoms with Gasteiger partial charge in [-0.1, -0.05) is 108 Å². The highest BCUT2D eigenvalue weighted by Crippen LogP contribution is 2.25. The second kappa shape index (κ2) is 10.4. The molecule has 2 atom stereocenters. The average molecular weight is 450 g/mol. The Morgan fingerprint density at radius 1 is 0.862 bits per heavy atom. The van der Waals surface area contributed by atoms with Crippen LogP contribution in [-0.2, 0) is 11.2 Å². The molecule has 0 saturated heterocycles. The molecule has 0 fully saturated rings. The standard InChI is InChI=1S/C26H28BrNO/c1-3-7-20-10-12-22(13-11-20)23-14-16-24(17-15-23)25(18-27)26(29)28-19(2)21-8-5-4-6-9-21/h4-6,8-17,19,25H,3,7,18H2,1-2H3,(H,28,29)/t19-,25-/m1/s1. The molecule has 0 unspecified atom stereocenters. The lowest BCUT2D eigenvalue weighted by Crippen LogP contribution is -2.32. The van der Waals surface area contributed by atoms with Gasteiger partial charge in [0.2, 0.25) is 5.91 Å². The van der Waals surface area contributed by atoms with Crippen molar-refractivity contribution >= 4 is 21.8 Å². The smallest absolute Gasteiger partial charge is 0.228 e. The minimum atomic E-state index is -0.220. The monoisotopic (exact) mass is 449 g/mol. The fraction of sp³-hybridized carbons (Fsp3) is 0.269. The normalized spacial score (nSPS) is 12.9. The van der Waals surface area contributed by atoms with E-state index in [1.54, 1.807) is 0 Å². The van der Waals surface area contributed by atoms with Gasteiger partial charge in [-0.25, -0.2) is 0 Å². The van der Waals surface area contributed by atoms with Crippen LogP contribution in [0.3, 0.4) is 0 Å². The van der Waals surface area contributed by atoms with E-state index in [2.05, 4.69) is 76.7 Å². The van der Waals surface area contributed by atoms with Crippen LogP contribution in [0.2, 0.25) is 0 Å². The molecule has 0 bridgehead atoms. The maximum absolute atomic E-state index is 12.9. The number of halogens is 1. The van der Waals surface area contributed by atoms with Gasteiger partial charge in [-0.05, 0) is 41.2 Å². The van der Waals surface area contributed by atoms with Gasteiger partial charge >= 0.3 is 0 Å². The molecular weight excluding hydrogens is 422 g/mol. The molecule has 0 aliphatic heterocycles. The molecule has 3 rings (SSSR count). The first-order valence-electron chi connectivity index (χ1n) is 10.2. The van der Waals surface area contributed by atoms with Gasteiger partial charge in [0.05, 0.1) is 12.0 Å². The summed E-state index contributed by atoms with van der Waals surface area (Å²) in [5.41, 5.74) is 5.87. The maximum Gasteiger partial charge on any atom is 0.228 e. The fourth-order valence-corrected chi connectivity index (χ4v) is 4.18. The molecule has 3 aromatic rings. The highest BCUT2D eigenvalue weighted by molar-refractivity contribution is 9.09. The first-order chi connectivity index (χ1) is 14.1. The summed E-state index contributed by atoms with van der Waals surface area (Å²) < 4.78 is 0. The lowest BCUT2D eigenvalue weighted by Gasteiger charge is -2.20. The van der Waals surface area contributed by atoms with E-state index in [1.807, 2.05) is 37.3 Å². The number of nitrogens with one attached hydrogen (secondary N) is 1. The molecule has 0 radical (unpaired) electrons. The molecule has 1 amide bonds. The third-order valence-corrected chi connectivity index (χ3v) is 5.92. The van der Waals surface area contributed by atoms with E-state index in [1.165, 1.54) is 16.7 Å². The van der Waals surface area contributed by atoms with Crippen molar-refractivity contribution in [1.29, 1.82) is 0 Å². The number of aryl methyl sites for hydroxylation is 1. The van der Waals surface area contributed by atoms with Crippen LogP contribution in [0.15, 0.2) is 78.9 Å². The van der Waals surface area contributed by atoms with Crippen LogP contribution in [0.4, 0.5) is 0 Å². The lowest BCUT2D eigenvalue weighted by atomic mass is 9.95. The van der Waals surface area contributed by atoms with Crippen LogP contribution in [-0.4, -0.2) is 11.2 Å². The van der Waals surface area contributed by atoms with Gasteiger partial charge in [0.25, 0.3) is 0 Å². The van der Waals surface area contributed by atoms with Crippen LogP contribution in [0.25, 0.3) is 11.1 Å². The number of hydrogen-bond acceptors (Lipinski definition) is 1. The lowest BCUT2D eigenvalue weighted by molar-refractivity contribution is -0.122. The van der Waals surface area contributed by atoms with E-state index >= 15 is 0 Å². The Labute approximate surface area is 182 Å². The molecule has 0 aromatic heterocycles. The Kier molecular flexibility index (Phi) is 7.65. The molecule has 0 aliphatic rings. The van der Waals surface area contributed by atoms with Gasteiger partial charge in [-0.15, -0.1) is 0 Å². The number of hydrogen-bond donors (Lipinski definition) is 1. The van der Waals surface area contributed by atoms with E-state index in [0.29, 0.717) is 5.33 Å². The Morgan fingerprint density at radius 3 is 2.00 bits per heavy atom. The molecule has 0 saturated carbocycles. The first-order valence-corrected chi connectivity index (χ1v) is 11.3. The molecule has 0 aliphatic carbocycles. The van der Waals surface area contributed by atoms with Gasteiger partial charge < -0.3 is 5.32 Å². The van der Waals surface area contributed by atoms with Gasteiger partial charge in [0.15, 0.2) is 0 Å². The summed E-state index contributed by atoms with van der Waals surface area (Å²) in [5, 5.41) is 3.73. The Bertz CT molecular complexity index is 904. The summed E-state index contributed by atoms with van der Waals surface area (Å²) in [5.74, 6) is -0.183. The van der Waals surface area contributed by atoms with Crippen LogP contribution in [0.5, 0.6) is 0 Å². The summed E-state index contributed by atoms with van der Waals surface area (Å²) in [4.78, 5) is 12.9. The highest BCUT2D eigenvalue weighted by atomic mass is 79.9. The van der Waals surface area contributed by atoms with Gasteiger partial charge in [0, 0.05) is 5.33 Å². The largest absolute Gasteiger partial charge is 0.349 e. The predicted molar refractivity (Wildman–Crippen MR) is 125 cm³/mol. The van der Waals surface area contributed by atoms with Crippen molar-refractivity contribution in [3.05, 3.63) is 95.6 Å². The molecule has 29 heavy (non-hydrogen) atoms. The molecule has 3 aromatic carbocycles. The van der Waals surface area contributed by atoms with Crippen LogP contribution in [0, 0.1) is 0 Å². The van der Waals surface area contributed by atoms with Crippen LogP contribution < -0.4 is 5.32 Å². The van der Waals surface area contributed by atoms with Crippen molar-refractivity contribution in [3.63, 3.8) is 0 Å². The summed E-state index contributed by atoms with van der Waals surface area (Å²) in [7, 11) is 0. The average Bonchev–Trinajstić information content (AvgIpc) is 2.76. The second-order valence-electron chi connectivity index (χ2n) is 7.42. The Balaban J connectivity index is 1.70. The zero-order valence-corrected chi connectivity index (χ0v) is 18.7. The Hall–Kier alpha value is -2.39. The number of carbonyl (C=O) groups excluding carboxylic acids is 1. The summed E-state index contributed by atoms with van der Waals surface area (Å²) in [6.45, 7) is 4.22. The third-order valence-electron chi connectivity index (χ3n) is 5.27. The number of carbonyl (C=O) groups is 1. The van der Waals surface area contributed by atoms with Gasteiger partial charge in [-0.2, -0.15) is 0 Å². The molecule has 150 valence electrons. The SMILES string of the molecule is CCCc1ccc(-c2ccc([C@@H](CBr)C(=O)N[C@H](C)c3ccccc3)cc2)cc1. The minimum Gasteiger partial charge on any atom is -0.349 e. The van der Waals surface area contributed by atoms with E-state index in [4.69, 9.17) is 0 Å². The van der Waals surface area contributed by atoms with Crippen LogP contribution >= 0.6 is 15.9 Å². The van der Waals surface area contributed by atoms with Crippen molar-refractivity contribution in [3.8, 4) is 11.1 Å². The van der Waals surface area contributed by atoms with E-state index in [-0.39, 0.29) is 17.9 Å². The summed E-state index contributed by atoms with van der Waals surface area (Å²) in [6.07, 6.45) is 2.27. The zero-order chi connectivity index (χ0) is 20.6. The summed E-state index contributed by atoms with van der Waals surface area (Å²) in [6, 6.07) is 27.1. The van der Waals surface area contributed by atoms with Crippen molar-refractivity contribution in [2.24, 2.45) is 0 Å². The van der Waals surface area contributed by atoms with Crippen molar-refractivity contribution in [2.75, 3.05) is 5.33 Å². The maximum atomic E-state index is 12.9. The molecule has 2 nitrogen and oxygen atoms in total. The molecule has 3 heteroatoms. The molecule has 0 heterocycles. The molecule has 1 N–H and O–H groups in total. The molecular formula is C26H28BrNO. The highest BCUT2D eigenvalue weighted by Gasteiger charge is 2.21. The number of alkyl halides is 1. The van der Waals surface area contributed by atoms with Crippen molar-refractivity contribution in [2.45, 2.75) is 38.6 Å². The summed E-state index contributed by atoms with van der Waals surface area (Å²) >= 11 is 3.52. The zero-order valence-electron chi connectivity index (χ0n) is 17.1. The number of rotatable bonds is 8.